The normalized spacial score (nSPS) is 21.4. The van der Waals surface area contributed by atoms with Crippen LogP contribution in [0.3, 0.4) is 0 Å². The number of hydrogen-bond donors (Lipinski definition) is 3. The molecule has 3 amide bonds. The fraction of sp³-hybridized carbons (Fsp3) is 0.921. The molecule has 0 saturated heterocycles. The van der Waals surface area contributed by atoms with Crippen LogP contribution in [0.1, 0.15) is 148 Å². The van der Waals surface area contributed by atoms with Crippen molar-refractivity contribution in [3.8, 4) is 0 Å². The number of ether oxygens (including phenoxy) is 3. The van der Waals surface area contributed by atoms with E-state index in [1.807, 2.05) is 83.1 Å². The van der Waals surface area contributed by atoms with E-state index in [2.05, 4.69) is 22.9 Å². The molecule has 9 heteroatoms. The van der Waals surface area contributed by atoms with Crippen molar-refractivity contribution in [2.45, 2.75) is 183 Å². The van der Waals surface area contributed by atoms with Crippen LogP contribution in [0.25, 0.3) is 0 Å². The Balaban J connectivity index is 0.000000353. The van der Waals surface area contributed by atoms with Crippen LogP contribution >= 0.6 is 0 Å². The van der Waals surface area contributed by atoms with E-state index in [0.717, 1.165) is 25.2 Å². The second-order valence-electron chi connectivity index (χ2n) is 17.0. The maximum Gasteiger partial charge on any atom is 0.249 e. The second kappa shape index (κ2) is 20.1. The highest BCUT2D eigenvalue weighted by atomic mass is 16.5. The van der Waals surface area contributed by atoms with Gasteiger partial charge in [0, 0.05) is 36.4 Å². The Labute approximate surface area is 288 Å². The summed E-state index contributed by atoms with van der Waals surface area (Å²) in [5.41, 5.74) is -0.524. The Morgan fingerprint density at radius 1 is 0.574 bits per heavy atom. The van der Waals surface area contributed by atoms with Crippen molar-refractivity contribution in [3.63, 3.8) is 0 Å². The minimum atomic E-state index is -0.265. The standard InChI is InChI=1S/2C13H25NO2.C12H23NO2/c1-6-16-11(8-10-7-9(10)2)12(15)14-13(3,4)5;1-5-16-11(9-10-7-6-8-10)12(15)14-13(2,3)4;1-5-15-10(8-9-6-7-9)11(14)13-12(2,3)4/h9-11H,6-8H2,1-5H3,(H,14,15);10-11H,5-9H2,1-4H3,(H,14,15);9-10H,5-8H2,1-4H3,(H,13,14). The van der Waals surface area contributed by atoms with Gasteiger partial charge < -0.3 is 30.2 Å². The fourth-order valence-electron chi connectivity index (χ4n) is 5.40. The largest absolute Gasteiger partial charge is 0.369 e. The van der Waals surface area contributed by atoms with Gasteiger partial charge in [-0.15, -0.1) is 0 Å². The summed E-state index contributed by atoms with van der Waals surface area (Å²) in [5, 5.41) is 8.95. The van der Waals surface area contributed by atoms with E-state index in [1.54, 1.807) is 0 Å². The summed E-state index contributed by atoms with van der Waals surface area (Å²) in [4.78, 5) is 35.8. The lowest BCUT2D eigenvalue weighted by Crippen LogP contribution is -2.47. The number of nitrogens with one attached hydrogen (secondary N) is 3. The van der Waals surface area contributed by atoms with Gasteiger partial charge in [0.1, 0.15) is 18.3 Å². The number of carbonyl (C=O) groups excluding carboxylic acids is 3. The van der Waals surface area contributed by atoms with Crippen LogP contribution < -0.4 is 16.0 Å². The third-order valence-corrected chi connectivity index (χ3v) is 8.28. The summed E-state index contributed by atoms with van der Waals surface area (Å²) in [6.07, 6.45) is 9.45. The molecule has 0 aromatic carbocycles. The molecule has 3 saturated carbocycles. The third-order valence-electron chi connectivity index (χ3n) is 8.28. The van der Waals surface area contributed by atoms with Crippen LogP contribution in [0.4, 0.5) is 0 Å². The van der Waals surface area contributed by atoms with Gasteiger partial charge >= 0.3 is 0 Å². The quantitative estimate of drug-likeness (QED) is 0.174. The lowest BCUT2D eigenvalue weighted by Gasteiger charge is -2.30. The topological polar surface area (TPSA) is 115 Å². The van der Waals surface area contributed by atoms with E-state index in [9.17, 15) is 14.4 Å². The molecular formula is C38H73N3O6. The zero-order valence-electron chi connectivity index (χ0n) is 32.5. The van der Waals surface area contributed by atoms with Crippen LogP contribution in [-0.4, -0.2) is 72.5 Å². The lowest BCUT2D eigenvalue weighted by molar-refractivity contribution is -0.136. The monoisotopic (exact) mass is 668 g/mol. The zero-order chi connectivity index (χ0) is 36.0. The summed E-state index contributed by atoms with van der Waals surface area (Å²) in [6.45, 7) is 27.8. The van der Waals surface area contributed by atoms with E-state index in [4.69, 9.17) is 14.2 Å². The molecule has 3 fully saturated rings. The van der Waals surface area contributed by atoms with Crippen LogP contribution in [-0.2, 0) is 28.6 Å². The third kappa shape index (κ3) is 21.1. The van der Waals surface area contributed by atoms with Crippen molar-refractivity contribution in [2.75, 3.05) is 19.8 Å². The van der Waals surface area contributed by atoms with Gasteiger partial charge in [-0.2, -0.15) is 0 Å². The van der Waals surface area contributed by atoms with Gasteiger partial charge in [-0.3, -0.25) is 14.4 Å². The average Bonchev–Trinajstić information content (AvgIpc) is 3.81. The molecule has 9 nitrogen and oxygen atoms in total. The van der Waals surface area contributed by atoms with Crippen LogP contribution in [0.2, 0.25) is 0 Å². The Morgan fingerprint density at radius 2 is 0.872 bits per heavy atom. The van der Waals surface area contributed by atoms with Crippen molar-refractivity contribution in [1.29, 1.82) is 0 Å². The SMILES string of the molecule is CCOC(CC1CC1)C(=O)NC(C)(C)C.CCOC(CC1CC1C)C(=O)NC(C)(C)C.CCOC(CC1CCC1)C(=O)NC(C)(C)C. The minimum absolute atomic E-state index is 0.0356. The van der Waals surface area contributed by atoms with Crippen molar-refractivity contribution in [2.24, 2.45) is 23.7 Å². The highest BCUT2D eigenvalue weighted by molar-refractivity contribution is 5.82. The molecule has 5 atom stereocenters. The molecule has 0 bridgehead atoms. The predicted octanol–water partition coefficient (Wildman–Crippen LogP) is 6.96. The first-order chi connectivity index (χ1) is 21.7. The summed E-state index contributed by atoms with van der Waals surface area (Å²) < 4.78 is 16.6. The molecule has 0 radical (unpaired) electrons. The second-order valence-corrected chi connectivity index (χ2v) is 17.0. The number of amides is 3. The van der Waals surface area contributed by atoms with Gasteiger partial charge in [-0.25, -0.2) is 0 Å². The van der Waals surface area contributed by atoms with Crippen molar-refractivity contribution >= 4 is 17.7 Å². The van der Waals surface area contributed by atoms with E-state index >= 15 is 0 Å². The first-order valence-corrected chi connectivity index (χ1v) is 18.5. The van der Waals surface area contributed by atoms with Gasteiger partial charge in [-0.05, 0) is 132 Å². The predicted molar refractivity (Wildman–Crippen MR) is 191 cm³/mol. The maximum absolute atomic E-state index is 12.0. The van der Waals surface area contributed by atoms with Crippen molar-refractivity contribution in [3.05, 3.63) is 0 Å². The first-order valence-electron chi connectivity index (χ1n) is 18.5. The molecule has 3 aliphatic carbocycles. The summed E-state index contributed by atoms with van der Waals surface area (Å²) in [6, 6.07) is 0. The highest BCUT2D eigenvalue weighted by Gasteiger charge is 2.37. The number of rotatable bonds is 15. The zero-order valence-corrected chi connectivity index (χ0v) is 32.5. The van der Waals surface area contributed by atoms with Crippen LogP contribution in [0, 0.1) is 23.7 Å². The molecule has 3 aliphatic rings. The average molecular weight is 668 g/mol. The van der Waals surface area contributed by atoms with Gasteiger partial charge in [0.05, 0.1) is 0 Å². The Morgan fingerprint density at radius 3 is 1.09 bits per heavy atom. The number of carbonyl (C=O) groups is 3. The molecule has 3 N–H and O–H groups in total. The van der Waals surface area contributed by atoms with Gasteiger partial charge in [0.2, 0.25) is 17.7 Å². The molecule has 47 heavy (non-hydrogen) atoms. The molecular weight excluding hydrogens is 594 g/mol. The molecule has 0 aliphatic heterocycles. The van der Waals surface area contributed by atoms with E-state index < -0.39 is 0 Å². The maximum atomic E-state index is 12.0. The molecule has 5 unspecified atom stereocenters. The lowest BCUT2D eigenvalue weighted by atomic mass is 9.81. The summed E-state index contributed by atoms with van der Waals surface area (Å²) in [5.74, 6) is 2.98. The molecule has 0 aromatic heterocycles. The summed E-state index contributed by atoms with van der Waals surface area (Å²) in [7, 11) is 0. The van der Waals surface area contributed by atoms with E-state index in [-0.39, 0.29) is 52.7 Å². The van der Waals surface area contributed by atoms with Crippen molar-refractivity contribution in [1.82, 2.24) is 16.0 Å². The minimum Gasteiger partial charge on any atom is -0.369 e. The van der Waals surface area contributed by atoms with E-state index in [1.165, 1.54) is 38.5 Å². The first kappa shape index (κ1) is 43.3. The fourth-order valence-corrected chi connectivity index (χ4v) is 5.40. The molecule has 0 aromatic rings. The molecule has 0 heterocycles. The van der Waals surface area contributed by atoms with Gasteiger partial charge in [0.15, 0.2) is 0 Å². The van der Waals surface area contributed by atoms with Gasteiger partial charge in [-0.1, -0.05) is 39.0 Å². The smallest absolute Gasteiger partial charge is 0.249 e. The Hall–Kier alpha value is -1.71. The van der Waals surface area contributed by atoms with Crippen LogP contribution in [0.15, 0.2) is 0 Å². The Bertz CT molecular complexity index is 886. The number of hydrogen-bond acceptors (Lipinski definition) is 6. The molecule has 0 spiro atoms. The van der Waals surface area contributed by atoms with E-state index in [0.29, 0.717) is 37.6 Å². The summed E-state index contributed by atoms with van der Waals surface area (Å²) >= 11 is 0. The molecule has 3 rings (SSSR count). The highest BCUT2D eigenvalue weighted by Crippen LogP contribution is 2.41. The Kier molecular flexibility index (Phi) is 18.5. The molecule has 276 valence electrons. The van der Waals surface area contributed by atoms with Crippen molar-refractivity contribution < 1.29 is 28.6 Å². The van der Waals surface area contributed by atoms with Crippen LogP contribution in [0.5, 0.6) is 0 Å². The van der Waals surface area contributed by atoms with Gasteiger partial charge in [0.25, 0.3) is 0 Å².